The molecule has 28 heavy (non-hydrogen) atoms. The first-order valence-corrected chi connectivity index (χ1v) is 10.7. The zero-order chi connectivity index (χ0) is 20.7. The van der Waals surface area contributed by atoms with Gasteiger partial charge in [-0.25, -0.2) is 0 Å². The van der Waals surface area contributed by atoms with Gasteiger partial charge >= 0.3 is 0 Å². The fourth-order valence-electron chi connectivity index (χ4n) is 2.75. The summed E-state index contributed by atoms with van der Waals surface area (Å²) >= 11 is 13.6. The third-order valence-corrected chi connectivity index (χ3v) is 5.99. The first-order valence-electron chi connectivity index (χ1n) is 9.08. The molecule has 0 aliphatic rings. The number of nitrogens with zero attached hydrogens (tertiary/aromatic N) is 2. The molecule has 0 bridgehead atoms. The molecule has 0 aliphatic heterocycles. The Morgan fingerprint density at radius 1 is 1.21 bits per heavy atom. The Bertz CT molecular complexity index is 799. The molecular formula is C20H25Cl2N3O2S. The van der Waals surface area contributed by atoms with Crippen LogP contribution in [0.5, 0.6) is 0 Å². The maximum Gasteiger partial charge on any atom is 0.238 e. The normalized spacial score (nSPS) is 12.1. The second kappa shape index (κ2) is 10.8. The van der Waals surface area contributed by atoms with E-state index in [1.807, 2.05) is 36.3 Å². The van der Waals surface area contributed by atoms with Crippen molar-refractivity contribution in [3.63, 3.8) is 0 Å². The van der Waals surface area contributed by atoms with Gasteiger partial charge in [0.1, 0.15) is 0 Å². The van der Waals surface area contributed by atoms with E-state index in [9.17, 15) is 9.59 Å². The van der Waals surface area contributed by atoms with Gasteiger partial charge in [-0.15, -0.1) is 11.3 Å². The lowest BCUT2D eigenvalue weighted by Gasteiger charge is -2.28. The Hall–Kier alpha value is -1.60. The molecule has 1 N–H and O–H groups in total. The summed E-state index contributed by atoms with van der Waals surface area (Å²) in [6.07, 6.45) is 0.840. The number of hydrogen-bond acceptors (Lipinski definition) is 4. The number of benzene rings is 1. The molecule has 0 radical (unpaired) electrons. The van der Waals surface area contributed by atoms with Crippen molar-refractivity contribution >= 4 is 52.0 Å². The third kappa shape index (κ3) is 6.48. The second-order valence-corrected chi connectivity index (χ2v) is 8.40. The molecule has 2 amide bonds. The molecule has 1 unspecified atom stereocenters. The van der Waals surface area contributed by atoms with Crippen molar-refractivity contribution in [3.05, 3.63) is 50.6 Å². The summed E-state index contributed by atoms with van der Waals surface area (Å²) in [5.74, 6) is -0.244. The number of nitrogens with one attached hydrogen (secondary N) is 1. The Balaban J connectivity index is 1.96. The number of carbonyl (C=O) groups is 2. The largest absolute Gasteiger partial charge is 0.337 e. The van der Waals surface area contributed by atoms with Crippen LogP contribution < -0.4 is 5.32 Å². The molecule has 0 fully saturated rings. The highest BCUT2D eigenvalue weighted by Gasteiger charge is 2.21. The molecular weight excluding hydrogens is 417 g/mol. The number of halogens is 2. The van der Waals surface area contributed by atoms with Crippen LogP contribution in [0, 0.1) is 0 Å². The van der Waals surface area contributed by atoms with Crippen molar-refractivity contribution in [2.45, 2.75) is 26.3 Å². The van der Waals surface area contributed by atoms with E-state index in [0.717, 1.165) is 11.3 Å². The zero-order valence-corrected chi connectivity index (χ0v) is 18.6. The van der Waals surface area contributed by atoms with Gasteiger partial charge in [0.2, 0.25) is 11.8 Å². The van der Waals surface area contributed by atoms with Crippen LogP contribution in [0.4, 0.5) is 5.69 Å². The molecule has 1 aromatic heterocycles. The van der Waals surface area contributed by atoms with Gasteiger partial charge in [0, 0.05) is 16.9 Å². The van der Waals surface area contributed by atoms with Gasteiger partial charge in [0.25, 0.3) is 0 Å². The Kier molecular flexibility index (Phi) is 8.76. The molecule has 0 spiro atoms. The van der Waals surface area contributed by atoms with E-state index < -0.39 is 0 Å². The standard InChI is InChI=1S/C20H25Cl2N3O2S/c1-4-9-25(12-19(26)23-17-8-7-15(21)11-16(17)22)13-20(27)24(3)14(2)18-6-5-10-28-18/h5-8,10-11,14H,4,9,12-13H2,1-3H3,(H,23,26). The molecule has 8 heteroatoms. The maximum absolute atomic E-state index is 12.7. The smallest absolute Gasteiger partial charge is 0.238 e. The molecule has 2 aromatic rings. The minimum absolute atomic E-state index is 0.00215. The van der Waals surface area contributed by atoms with Crippen molar-refractivity contribution in [2.75, 3.05) is 32.0 Å². The van der Waals surface area contributed by atoms with Gasteiger partial charge in [-0.05, 0) is 49.5 Å². The fourth-order valence-corrected chi connectivity index (χ4v) is 4.03. The zero-order valence-electron chi connectivity index (χ0n) is 16.2. The third-order valence-electron chi connectivity index (χ3n) is 4.40. The van der Waals surface area contributed by atoms with Crippen LogP contribution in [0.1, 0.15) is 31.2 Å². The minimum Gasteiger partial charge on any atom is -0.337 e. The number of hydrogen-bond donors (Lipinski definition) is 1. The number of rotatable bonds is 9. The minimum atomic E-state index is -0.223. The highest BCUT2D eigenvalue weighted by atomic mass is 35.5. The summed E-state index contributed by atoms with van der Waals surface area (Å²) in [6, 6.07) is 8.90. The molecule has 152 valence electrons. The summed E-state index contributed by atoms with van der Waals surface area (Å²) in [7, 11) is 1.80. The first kappa shape index (κ1) is 22.7. The van der Waals surface area contributed by atoms with Crippen molar-refractivity contribution in [2.24, 2.45) is 0 Å². The average molecular weight is 442 g/mol. The van der Waals surface area contributed by atoms with Gasteiger partial charge < -0.3 is 10.2 Å². The van der Waals surface area contributed by atoms with Crippen molar-refractivity contribution < 1.29 is 9.59 Å². The Morgan fingerprint density at radius 3 is 2.57 bits per heavy atom. The highest BCUT2D eigenvalue weighted by molar-refractivity contribution is 7.10. The molecule has 2 rings (SSSR count). The topological polar surface area (TPSA) is 52.7 Å². The lowest BCUT2D eigenvalue weighted by Crippen LogP contribution is -2.42. The summed E-state index contributed by atoms with van der Waals surface area (Å²) in [6.45, 7) is 4.96. The van der Waals surface area contributed by atoms with E-state index in [2.05, 4.69) is 5.32 Å². The van der Waals surface area contributed by atoms with E-state index in [4.69, 9.17) is 23.2 Å². The van der Waals surface area contributed by atoms with Gasteiger partial charge in [-0.2, -0.15) is 0 Å². The van der Waals surface area contributed by atoms with E-state index >= 15 is 0 Å². The van der Waals surface area contributed by atoms with E-state index in [1.165, 1.54) is 0 Å². The SMILES string of the molecule is CCCN(CC(=O)Nc1ccc(Cl)cc1Cl)CC(=O)N(C)C(C)c1cccs1. The van der Waals surface area contributed by atoms with Crippen LogP contribution in [-0.4, -0.2) is 48.3 Å². The van der Waals surface area contributed by atoms with Crippen molar-refractivity contribution in [3.8, 4) is 0 Å². The van der Waals surface area contributed by atoms with E-state index in [1.54, 1.807) is 41.5 Å². The van der Waals surface area contributed by atoms with Crippen LogP contribution in [0.15, 0.2) is 35.7 Å². The molecule has 1 atom stereocenters. The van der Waals surface area contributed by atoms with Crippen LogP contribution in [0.2, 0.25) is 10.0 Å². The van der Waals surface area contributed by atoms with E-state index in [0.29, 0.717) is 22.3 Å². The number of thiophene rings is 1. The molecule has 0 saturated heterocycles. The second-order valence-electron chi connectivity index (χ2n) is 6.58. The van der Waals surface area contributed by atoms with E-state index in [-0.39, 0.29) is 30.9 Å². The van der Waals surface area contributed by atoms with Crippen molar-refractivity contribution in [1.29, 1.82) is 0 Å². The van der Waals surface area contributed by atoms with Gasteiger partial charge in [-0.1, -0.05) is 36.2 Å². The van der Waals surface area contributed by atoms with Gasteiger partial charge in [0.15, 0.2) is 0 Å². The predicted octanol–water partition coefficient (Wildman–Crippen LogP) is 4.93. The molecule has 1 aromatic carbocycles. The molecule has 1 heterocycles. The summed E-state index contributed by atoms with van der Waals surface area (Å²) in [4.78, 5) is 29.9. The Labute approximate surface area is 180 Å². The average Bonchev–Trinajstić information content (AvgIpc) is 3.17. The van der Waals surface area contributed by atoms with Gasteiger partial charge in [-0.3, -0.25) is 14.5 Å². The highest BCUT2D eigenvalue weighted by Crippen LogP contribution is 2.25. The molecule has 5 nitrogen and oxygen atoms in total. The van der Waals surface area contributed by atoms with Crippen LogP contribution in [-0.2, 0) is 9.59 Å². The number of anilines is 1. The number of carbonyl (C=O) groups excluding carboxylic acids is 2. The maximum atomic E-state index is 12.7. The number of likely N-dealkylation sites (N-methyl/N-ethyl adjacent to an activating group) is 1. The quantitative estimate of drug-likeness (QED) is 0.600. The number of amides is 2. The van der Waals surface area contributed by atoms with Crippen LogP contribution in [0.3, 0.4) is 0 Å². The predicted molar refractivity (Wildman–Crippen MR) is 117 cm³/mol. The summed E-state index contributed by atoms with van der Waals surface area (Å²) in [5.41, 5.74) is 0.502. The van der Waals surface area contributed by atoms with Crippen LogP contribution >= 0.6 is 34.5 Å². The first-order chi connectivity index (χ1) is 13.3. The Morgan fingerprint density at radius 2 is 1.96 bits per heavy atom. The summed E-state index contributed by atoms with van der Waals surface area (Å²) < 4.78 is 0. The lowest BCUT2D eigenvalue weighted by atomic mass is 10.2. The molecule has 0 saturated carbocycles. The summed E-state index contributed by atoms with van der Waals surface area (Å²) in [5, 5.41) is 5.66. The lowest BCUT2D eigenvalue weighted by molar-refractivity contribution is -0.133. The van der Waals surface area contributed by atoms with Crippen molar-refractivity contribution in [1.82, 2.24) is 9.80 Å². The monoisotopic (exact) mass is 441 g/mol. The van der Waals surface area contributed by atoms with Gasteiger partial charge in [0.05, 0.1) is 29.8 Å². The molecule has 0 aliphatic carbocycles. The van der Waals surface area contributed by atoms with Crippen LogP contribution in [0.25, 0.3) is 0 Å². The fraction of sp³-hybridized carbons (Fsp3) is 0.400.